The predicted molar refractivity (Wildman–Crippen MR) is 150 cm³/mol. The molecule has 1 unspecified atom stereocenters. The predicted octanol–water partition coefficient (Wildman–Crippen LogP) is 5.44. The number of fused-ring (bicyclic) bond motifs is 1. The number of hydrogen-bond donors (Lipinski definition) is 1. The fourth-order valence-electron chi connectivity index (χ4n) is 4.67. The van der Waals surface area contributed by atoms with Crippen molar-refractivity contribution in [3.05, 3.63) is 60.0 Å². The molecule has 1 amide bonds. The molecule has 2 aromatic heterocycles. The van der Waals surface area contributed by atoms with Crippen molar-refractivity contribution in [3.8, 4) is 0 Å². The molecule has 1 saturated heterocycles. The Kier molecular flexibility index (Phi) is 9.94. The van der Waals surface area contributed by atoms with Crippen LogP contribution in [-0.2, 0) is 13.8 Å². The van der Waals surface area contributed by atoms with Crippen molar-refractivity contribution in [3.63, 3.8) is 0 Å². The Labute approximate surface area is 230 Å². The van der Waals surface area contributed by atoms with E-state index in [0.29, 0.717) is 35.6 Å². The van der Waals surface area contributed by atoms with Crippen LogP contribution in [0.5, 0.6) is 0 Å². The summed E-state index contributed by atoms with van der Waals surface area (Å²) in [4.78, 5) is 29.4. The first-order valence-corrected chi connectivity index (χ1v) is 14.4. The van der Waals surface area contributed by atoms with Gasteiger partial charge < -0.3 is 23.9 Å². The summed E-state index contributed by atoms with van der Waals surface area (Å²) in [5.74, 6) is 0.0693. The molecule has 208 valence electrons. The third-order valence-electron chi connectivity index (χ3n) is 6.40. The number of imidazole rings is 1. The second-order valence-corrected chi connectivity index (χ2v) is 11.2. The minimum atomic E-state index is -1.39. The lowest BCUT2D eigenvalue weighted by Gasteiger charge is -2.37. The van der Waals surface area contributed by atoms with Gasteiger partial charge in [-0.1, -0.05) is 25.1 Å². The highest BCUT2D eigenvalue weighted by atomic mass is 31.2. The maximum Gasteiger partial charge on any atom is 0.259 e. The van der Waals surface area contributed by atoms with Gasteiger partial charge in [-0.15, -0.1) is 0 Å². The van der Waals surface area contributed by atoms with Crippen molar-refractivity contribution in [2.24, 2.45) is 0 Å². The van der Waals surface area contributed by atoms with Gasteiger partial charge in [-0.2, -0.15) is 0 Å². The molecule has 1 aliphatic rings. The minimum absolute atomic E-state index is 0.151. The van der Waals surface area contributed by atoms with Gasteiger partial charge in [0.25, 0.3) is 14.4 Å². The topological polar surface area (TPSA) is 108 Å². The highest BCUT2D eigenvalue weighted by molar-refractivity contribution is 7.44. The Morgan fingerprint density at radius 2 is 1.97 bits per heavy atom. The lowest BCUT2D eigenvalue weighted by molar-refractivity contribution is -0.0165. The molecule has 1 fully saturated rings. The second kappa shape index (κ2) is 13.4. The maximum absolute atomic E-state index is 12.7. The number of anilines is 1. The van der Waals surface area contributed by atoms with E-state index < -0.39 is 8.53 Å². The quantitative estimate of drug-likeness (QED) is 0.179. The van der Waals surface area contributed by atoms with Gasteiger partial charge in [-0.3, -0.25) is 9.36 Å². The van der Waals surface area contributed by atoms with Crippen LogP contribution in [0.2, 0.25) is 0 Å². The highest BCUT2D eigenvalue weighted by Gasteiger charge is 2.41. The van der Waals surface area contributed by atoms with E-state index in [4.69, 9.17) is 20.4 Å². The summed E-state index contributed by atoms with van der Waals surface area (Å²) in [6.07, 6.45) is 3.70. The summed E-state index contributed by atoms with van der Waals surface area (Å²) in [7, 11) is -1.39. The van der Waals surface area contributed by atoms with Gasteiger partial charge >= 0.3 is 0 Å². The average Bonchev–Trinajstić information content (AvgIpc) is 3.53. The summed E-state index contributed by atoms with van der Waals surface area (Å²) in [5, 5.41) is 2.85. The maximum atomic E-state index is 12.7. The lowest BCUT2D eigenvalue weighted by Crippen LogP contribution is -2.35. The van der Waals surface area contributed by atoms with Crippen molar-refractivity contribution in [1.82, 2.24) is 24.2 Å². The van der Waals surface area contributed by atoms with Gasteiger partial charge in [-0.25, -0.2) is 26.2 Å². The fourth-order valence-corrected chi connectivity index (χ4v) is 6.42. The molecule has 4 atom stereocenters. The summed E-state index contributed by atoms with van der Waals surface area (Å²) in [6.45, 7) is 18.3. The second-order valence-electron chi connectivity index (χ2n) is 9.80. The van der Waals surface area contributed by atoms with E-state index in [-0.39, 0.29) is 43.0 Å². The van der Waals surface area contributed by atoms with E-state index in [1.807, 2.05) is 22.8 Å². The molecule has 3 heterocycles. The number of hydrogen-bond acceptors (Lipinski definition) is 8. The van der Waals surface area contributed by atoms with Crippen molar-refractivity contribution in [1.29, 1.82) is 0 Å². The normalized spacial score (nSPS) is 20.1. The lowest BCUT2D eigenvalue weighted by atomic mass is 10.1. The van der Waals surface area contributed by atoms with Gasteiger partial charge in [0.2, 0.25) is 6.54 Å². The van der Waals surface area contributed by atoms with Crippen LogP contribution in [0.15, 0.2) is 43.0 Å². The third kappa shape index (κ3) is 6.78. The zero-order valence-corrected chi connectivity index (χ0v) is 23.9. The number of rotatable bonds is 12. The number of benzene rings is 1. The average molecular weight is 554 g/mol. The fraction of sp³-hybridized carbons (Fsp3) is 0.519. The highest BCUT2D eigenvalue weighted by Crippen LogP contribution is 2.50. The molecule has 1 aromatic carbocycles. The van der Waals surface area contributed by atoms with E-state index >= 15 is 0 Å². The minimum Gasteiger partial charge on any atom is -0.352 e. The molecule has 12 heteroatoms. The van der Waals surface area contributed by atoms with E-state index in [9.17, 15) is 4.79 Å². The van der Waals surface area contributed by atoms with Crippen LogP contribution in [0.4, 0.5) is 5.82 Å². The number of amides is 1. The first kappa shape index (κ1) is 29.0. The molecule has 0 aliphatic carbocycles. The van der Waals surface area contributed by atoms with Gasteiger partial charge in [0, 0.05) is 24.1 Å². The van der Waals surface area contributed by atoms with Crippen molar-refractivity contribution in [2.75, 3.05) is 18.5 Å². The standard InChI is InChI=1S/C27H36N7O4P/c1-7-21-22(38-39(36-14-13-28-6)34(18(2)3)19(4)5)15-23(37-21)33-17-31-24-25(29-16-30-26(24)33)32-27(35)20-11-9-8-10-12-20/h8-12,16-19,21-23H,7,13-15H2,1-5H3,(H,29,30,32,35)/t21-,22-,23-,39?/m1/s1. The van der Waals surface area contributed by atoms with E-state index in [1.54, 1.807) is 18.5 Å². The van der Waals surface area contributed by atoms with Gasteiger partial charge in [-0.05, 0) is 46.2 Å². The van der Waals surface area contributed by atoms with Crippen LogP contribution in [0.3, 0.4) is 0 Å². The zero-order valence-electron chi connectivity index (χ0n) is 23.0. The smallest absolute Gasteiger partial charge is 0.259 e. The number of nitrogens with one attached hydrogen (secondary N) is 1. The van der Waals surface area contributed by atoms with Crippen LogP contribution in [0.1, 0.15) is 64.0 Å². The molecule has 4 rings (SSSR count). The first-order valence-electron chi connectivity index (χ1n) is 13.2. The summed E-state index contributed by atoms with van der Waals surface area (Å²) in [6, 6.07) is 9.37. The summed E-state index contributed by atoms with van der Waals surface area (Å²) >= 11 is 0. The van der Waals surface area contributed by atoms with Crippen LogP contribution in [-0.4, -0.2) is 67.5 Å². The molecule has 3 aromatic rings. The summed E-state index contributed by atoms with van der Waals surface area (Å²) < 4.78 is 23.3. The van der Waals surface area contributed by atoms with Crippen molar-refractivity contribution < 1.29 is 18.6 Å². The van der Waals surface area contributed by atoms with E-state index in [0.717, 1.165) is 6.42 Å². The molecule has 11 nitrogen and oxygen atoms in total. The first-order chi connectivity index (χ1) is 18.8. The van der Waals surface area contributed by atoms with Crippen molar-refractivity contribution >= 4 is 31.4 Å². The Balaban J connectivity index is 1.54. The SMILES string of the molecule is [C-]#[N+]CCOP(O[C@@H]1C[C@H](n2cnc3c(NC(=O)c4ccccc4)ncnc32)O[C@@H]1CC)N(C(C)C)C(C)C. The molecule has 39 heavy (non-hydrogen) atoms. The molecular formula is C27H36N7O4P. The molecule has 0 radical (unpaired) electrons. The van der Waals surface area contributed by atoms with E-state index in [2.05, 4.69) is 64.4 Å². The Hall–Kier alpha value is -3.00. The number of carbonyl (C=O) groups is 1. The van der Waals surface area contributed by atoms with Crippen LogP contribution >= 0.6 is 8.53 Å². The Morgan fingerprint density at radius 3 is 2.64 bits per heavy atom. The Morgan fingerprint density at radius 1 is 1.23 bits per heavy atom. The Bertz CT molecular complexity index is 1270. The number of carbonyl (C=O) groups excluding carboxylic acids is 1. The van der Waals surface area contributed by atoms with Gasteiger partial charge in [0.15, 0.2) is 17.0 Å². The number of ether oxygens (including phenoxy) is 1. The molecule has 1 aliphatic heterocycles. The number of aromatic nitrogens is 4. The molecule has 0 saturated carbocycles. The largest absolute Gasteiger partial charge is 0.352 e. The molecule has 0 bridgehead atoms. The van der Waals surface area contributed by atoms with Crippen molar-refractivity contribution in [2.45, 2.75) is 78.0 Å². The number of nitrogens with zero attached hydrogens (tertiary/aromatic N) is 6. The molecule has 0 spiro atoms. The molecule has 1 N–H and O–H groups in total. The van der Waals surface area contributed by atoms with Crippen LogP contribution in [0, 0.1) is 6.57 Å². The van der Waals surface area contributed by atoms with E-state index in [1.165, 1.54) is 6.33 Å². The third-order valence-corrected chi connectivity index (χ3v) is 8.55. The van der Waals surface area contributed by atoms with Gasteiger partial charge in [0.05, 0.1) is 18.5 Å². The molecular weight excluding hydrogens is 517 g/mol. The zero-order chi connectivity index (χ0) is 27.9. The van der Waals surface area contributed by atoms with Gasteiger partial charge in [0.1, 0.15) is 19.2 Å². The van der Waals surface area contributed by atoms with Crippen LogP contribution in [0.25, 0.3) is 16.0 Å². The summed E-state index contributed by atoms with van der Waals surface area (Å²) in [5.41, 5.74) is 1.58. The van der Waals surface area contributed by atoms with Crippen LogP contribution < -0.4 is 5.32 Å². The monoisotopic (exact) mass is 553 g/mol.